The molecule has 0 saturated carbocycles. The van der Waals surface area contributed by atoms with Crippen LogP contribution in [0, 0.1) is 0 Å². The second-order valence-electron chi connectivity index (χ2n) is 7.49. The molecule has 2 unspecified atom stereocenters. The van der Waals surface area contributed by atoms with E-state index in [9.17, 15) is 14.4 Å². The highest BCUT2D eigenvalue weighted by Crippen LogP contribution is 2.17. The SMILES string of the molecule is CC(C)NC(=O)C1C(=O)NC(CCCN=C(N)N)C(=O)N1CCc1cccc(Cl)c1. The van der Waals surface area contributed by atoms with Gasteiger partial charge in [0.05, 0.1) is 0 Å². The normalized spacial score (nSPS) is 18.9. The molecule has 1 heterocycles. The third kappa shape index (κ3) is 6.62. The summed E-state index contributed by atoms with van der Waals surface area (Å²) in [7, 11) is 0. The molecule has 0 spiro atoms. The van der Waals surface area contributed by atoms with Gasteiger partial charge in [-0.1, -0.05) is 23.7 Å². The third-order valence-electron chi connectivity index (χ3n) is 4.61. The predicted octanol–water partition coefficient (Wildman–Crippen LogP) is 0.156. The summed E-state index contributed by atoms with van der Waals surface area (Å²) in [6.45, 7) is 4.15. The molecule has 6 N–H and O–H groups in total. The minimum atomic E-state index is -1.21. The van der Waals surface area contributed by atoms with E-state index in [4.69, 9.17) is 23.1 Å². The van der Waals surface area contributed by atoms with Crippen molar-refractivity contribution < 1.29 is 14.4 Å². The van der Waals surface area contributed by atoms with E-state index in [0.29, 0.717) is 30.8 Å². The molecule has 1 aromatic carbocycles. The fraction of sp³-hybridized carbons (Fsp3) is 0.500. The van der Waals surface area contributed by atoms with E-state index in [1.165, 1.54) is 4.90 Å². The zero-order valence-electron chi connectivity index (χ0n) is 17.2. The number of halogens is 1. The molecule has 9 nitrogen and oxygen atoms in total. The Morgan fingerprint density at radius 3 is 2.70 bits per heavy atom. The van der Waals surface area contributed by atoms with Gasteiger partial charge in [0, 0.05) is 24.2 Å². The van der Waals surface area contributed by atoms with E-state index >= 15 is 0 Å². The number of guanidine groups is 1. The second-order valence-corrected chi connectivity index (χ2v) is 7.92. The number of nitrogens with zero attached hydrogens (tertiary/aromatic N) is 2. The minimum absolute atomic E-state index is 0.0254. The first kappa shape index (κ1) is 23.5. The van der Waals surface area contributed by atoms with Gasteiger partial charge >= 0.3 is 0 Å². The van der Waals surface area contributed by atoms with Crippen molar-refractivity contribution in [2.75, 3.05) is 13.1 Å². The van der Waals surface area contributed by atoms with Crippen LogP contribution in [0.4, 0.5) is 0 Å². The van der Waals surface area contributed by atoms with Crippen LogP contribution in [0.3, 0.4) is 0 Å². The second kappa shape index (κ2) is 10.8. The fourth-order valence-electron chi connectivity index (χ4n) is 3.29. The summed E-state index contributed by atoms with van der Waals surface area (Å²) < 4.78 is 0. The molecule has 1 aromatic rings. The molecule has 1 fully saturated rings. The molecular formula is C20H29ClN6O3. The molecule has 0 aromatic heterocycles. The minimum Gasteiger partial charge on any atom is -0.370 e. The number of carbonyl (C=O) groups is 3. The monoisotopic (exact) mass is 436 g/mol. The molecule has 0 aliphatic carbocycles. The van der Waals surface area contributed by atoms with E-state index in [2.05, 4.69) is 15.6 Å². The lowest BCUT2D eigenvalue weighted by atomic mass is 10.0. The van der Waals surface area contributed by atoms with Gasteiger partial charge < -0.3 is 27.0 Å². The van der Waals surface area contributed by atoms with Crippen LogP contribution in [0.25, 0.3) is 0 Å². The Bertz CT molecular complexity index is 809. The lowest BCUT2D eigenvalue weighted by Crippen LogP contribution is -2.67. The van der Waals surface area contributed by atoms with Gasteiger partial charge in [-0.2, -0.15) is 0 Å². The Hall–Kier alpha value is -2.81. The van der Waals surface area contributed by atoms with Crippen LogP contribution in [0.2, 0.25) is 5.02 Å². The van der Waals surface area contributed by atoms with Crippen molar-refractivity contribution in [3.05, 3.63) is 34.9 Å². The summed E-state index contributed by atoms with van der Waals surface area (Å²) in [5.74, 6) is -1.32. The molecule has 1 aliphatic rings. The van der Waals surface area contributed by atoms with Crippen molar-refractivity contribution in [2.24, 2.45) is 16.5 Å². The van der Waals surface area contributed by atoms with E-state index < -0.39 is 23.9 Å². The Labute approximate surface area is 181 Å². The number of piperazine rings is 1. The number of nitrogens with two attached hydrogens (primary N) is 2. The van der Waals surface area contributed by atoms with E-state index in [0.717, 1.165) is 5.56 Å². The van der Waals surface area contributed by atoms with Crippen LogP contribution >= 0.6 is 11.6 Å². The van der Waals surface area contributed by atoms with Gasteiger partial charge in [0.25, 0.3) is 11.8 Å². The Morgan fingerprint density at radius 1 is 1.33 bits per heavy atom. The van der Waals surface area contributed by atoms with Crippen molar-refractivity contribution in [3.63, 3.8) is 0 Å². The topological polar surface area (TPSA) is 143 Å². The molecule has 2 rings (SSSR count). The molecule has 0 radical (unpaired) electrons. The highest BCUT2D eigenvalue weighted by Gasteiger charge is 2.44. The maximum Gasteiger partial charge on any atom is 0.253 e. The first-order valence-corrected chi connectivity index (χ1v) is 10.3. The van der Waals surface area contributed by atoms with Crippen LogP contribution in [-0.4, -0.2) is 59.8 Å². The molecule has 1 saturated heterocycles. The van der Waals surface area contributed by atoms with Gasteiger partial charge in [0.15, 0.2) is 12.0 Å². The average molecular weight is 437 g/mol. The zero-order chi connectivity index (χ0) is 22.3. The summed E-state index contributed by atoms with van der Waals surface area (Å²) in [5.41, 5.74) is 11.5. The average Bonchev–Trinajstić information content (AvgIpc) is 2.65. The van der Waals surface area contributed by atoms with E-state index in [-0.39, 0.29) is 24.5 Å². The Balaban J connectivity index is 2.16. The highest BCUT2D eigenvalue weighted by atomic mass is 35.5. The number of amides is 3. The number of carbonyl (C=O) groups excluding carboxylic acids is 3. The van der Waals surface area contributed by atoms with Crippen molar-refractivity contribution in [1.82, 2.24) is 15.5 Å². The Morgan fingerprint density at radius 2 is 2.07 bits per heavy atom. The predicted molar refractivity (Wildman–Crippen MR) is 116 cm³/mol. The van der Waals surface area contributed by atoms with Crippen molar-refractivity contribution in [2.45, 2.75) is 51.2 Å². The quantitative estimate of drug-likeness (QED) is 0.189. The summed E-state index contributed by atoms with van der Waals surface area (Å²) in [4.78, 5) is 43.7. The van der Waals surface area contributed by atoms with Crippen LogP contribution in [0.15, 0.2) is 29.3 Å². The molecule has 0 bridgehead atoms. The zero-order valence-corrected chi connectivity index (χ0v) is 18.0. The van der Waals surface area contributed by atoms with E-state index in [1.54, 1.807) is 26.0 Å². The van der Waals surface area contributed by atoms with Gasteiger partial charge in [-0.05, 0) is 50.8 Å². The van der Waals surface area contributed by atoms with Gasteiger partial charge in [-0.3, -0.25) is 19.4 Å². The summed E-state index contributed by atoms with van der Waals surface area (Å²) >= 11 is 6.03. The molecule has 3 amide bonds. The van der Waals surface area contributed by atoms with Crippen LogP contribution in [0.5, 0.6) is 0 Å². The number of aliphatic imine (C=N–C) groups is 1. The van der Waals surface area contributed by atoms with Crippen LogP contribution in [0.1, 0.15) is 32.3 Å². The van der Waals surface area contributed by atoms with Gasteiger partial charge in [-0.15, -0.1) is 0 Å². The summed E-state index contributed by atoms with van der Waals surface area (Å²) in [6, 6.07) is 5.16. The number of hydrogen-bond donors (Lipinski definition) is 4. The smallest absolute Gasteiger partial charge is 0.253 e. The first-order valence-electron chi connectivity index (χ1n) is 9.90. The van der Waals surface area contributed by atoms with Crippen molar-refractivity contribution >= 4 is 35.3 Å². The van der Waals surface area contributed by atoms with Crippen LogP contribution in [-0.2, 0) is 20.8 Å². The molecule has 30 heavy (non-hydrogen) atoms. The highest BCUT2D eigenvalue weighted by molar-refractivity contribution is 6.30. The first-order chi connectivity index (χ1) is 14.2. The van der Waals surface area contributed by atoms with Gasteiger partial charge in [0.1, 0.15) is 6.04 Å². The summed E-state index contributed by atoms with van der Waals surface area (Å²) in [6.07, 6.45) is 1.35. The van der Waals surface area contributed by atoms with Crippen molar-refractivity contribution in [3.8, 4) is 0 Å². The number of hydrogen-bond acceptors (Lipinski definition) is 4. The van der Waals surface area contributed by atoms with Gasteiger partial charge in [-0.25, -0.2) is 0 Å². The Kier molecular flexibility index (Phi) is 8.46. The molecule has 1 aliphatic heterocycles. The third-order valence-corrected chi connectivity index (χ3v) is 4.85. The van der Waals surface area contributed by atoms with Crippen LogP contribution < -0.4 is 22.1 Å². The van der Waals surface area contributed by atoms with Crippen molar-refractivity contribution in [1.29, 1.82) is 0 Å². The molecule has 164 valence electrons. The maximum absolute atomic E-state index is 13.1. The number of nitrogens with one attached hydrogen (secondary N) is 2. The lowest BCUT2D eigenvalue weighted by Gasteiger charge is -2.38. The summed E-state index contributed by atoms with van der Waals surface area (Å²) in [5, 5.41) is 5.98. The number of rotatable bonds is 9. The molecule has 10 heteroatoms. The maximum atomic E-state index is 13.1. The number of benzene rings is 1. The fourth-order valence-corrected chi connectivity index (χ4v) is 3.50. The molecular weight excluding hydrogens is 408 g/mol. The lowest BCUT2D eigenvalue weighted by molar-refractivity contribution is -0.154. The van der Waals surface area contributed by atoms with Gasteiger partial charge in [0.2, 0.25) is 5.91 Å². The largest absolute Gasteiger partial charge is 0.370 e. The standard InChI is InChI=1S/C20H29ClN6O3/c1-12(2)25-17(28)16-18(29)26-15(7-4-9-24-20(22)23)19(30)27(16)10-8-13-5-3-6-14(21)11-13/h3,5-6,11-12,15-16H,4,7-10H2,1-2H3,(H,25,28)(H,26,29)(H4,22,23,24). The molecule has 2 atom stereocenters. The van der Waals surface area contributed by atoms with E-state index in [1.807, 2.05) is 12.1 Å².